The summed E-state index contributed by atoms with van der Waals surface area (Å²) in [5, 5.41) is 8.29. The monoisotopic (exact) mass is 683 g/mol. The molecule has 0 bridgehead atoms. The van der Waals surface area contributed by atoms with Crippen LogP contribution >= 0.6 is 0 Å². The molecular formula is C37H57N5O7. The van der Waals surface area contributed by atoms with Gasteiger partial charge in [0, 0.05) is 6.54 Å². The molecule has 1 aliphatic heterocycles. The minimum atomic E-state index is -1.11. The molecule has 5 N–H and O–H groups in total. The summed E-state index contributed by atoms with van der Waals surface area (Å²) in [6, 6.07) is 4.44. The fourth-order valence-electron chi connectivity index (χ4n) is 6.36. The molecule has 1 saturated carbocycles. The molecule has 0 aromatic heterocycles. The molecule has 1 heterocycles. The standard InChI is InChI=1S/C37H57N5O7/c1-21(2)25-19-27(32(45)39-26(28(43)31(38)44)18-23-14-13-15-23)42(20-25)33(46)29(36(4,5)6)40-35(48)41-30(37(7,8)9)34(47)49-22(3)24-16-11-10-12-17-24/h10-12,16-17,21-23,25-27,29-30H,13-15,18-20H2,1-9H3,(H2,38,44)(H,39,45)(H2,40,41,48)/t22-,25-,26?,27+,29-,30-/m1/s1. The van der Waals surface area contributed by atoms with Crippen molar-refractivity contribution in [2.24, 2.45) is 34.3 Å². The first-order chi connectivity index (χ1) is 22.7. The van der Waals surface area contributed by atoms with Gasteiger partial charge in [-0.2, -0.15) is 0 Å². The predicted octanol–water partition coefficient (Wildman–Crippen LogP) is 4.02. The maximum atomic E-state index is 14.4. The summed E-state index contributed by atoms with van der Waals surface area (Å²) in [5.74, 6) is -3.24. The van der Waals surface area contributed by atoms with Crippen molar-refractivity contribution in [2.75, 3.05) is 6.54 Å². The largest absolute Gasteiger partial charge is 0.456 e. The molecule has 272 valence electrons. The molecule has 12 nitrogen and oxygen atoms in total. The van der Waals surface area contributed by atoms with Gasteiger partial charge in [-0.15, -0.1) is 0 Å². The normalized spacial score (nSPS) is 20.7. The lowest BCUT2D eigenvalue weighted by molar-refractivity contribution is -0.153. The number of amides is 5. The van der Waals surface area contributed by atoms with Crippen LogP contribution in [0.15, 0.2) is 30.3 Å². The molecule has 1 aromatic carbocycles. The molecule has 0 spiro atoms. The number of likely N-dealkylation sites (tertiary alicyclic amines) is 1. The van der Waals surface area contributed by atoms with Gasteiger partial charge < -0.3 is 31.3 Å². The van der Waals surface area contributed by atoms with E-state index in [2.05, 4.69) is 16.0 Å². The molecule has 12 heteroatoms. The van der Waals surface area contributed by atoms with Crippen LogP contribution in [0.1, 0.15) is 106 Å². The van der Waals surface area contributed by atoms with Crippen molar-refractivity contribution < 1.29 is 33.5 Å². The predicted molar refractivity (Wildman–Crippen MR) is 186 cm³/mol. The second-order valence-electron chi connectivity index (χ2n) is 16.3. The Morgan fingerprint density at radius 1 is 0.878 bits per heavy atom. The molecule has 2 fully saturated rings. The Kier molecular flexibility index (Phi) is 13.0. The average molecular weight is 684 g/mol. The van der Waals surface area contributed by atoms with Gasteiger partial charge in [-0.05, 0) is 53.9 Å². The first-order valence-electron chi connectivity index (χ1n) is 17.5. The third kappa shape index (κ3) is 10.5. The first kappa shape index (κ1) is 39.5. The van der Waals surface area contributed by atoms with Crippen molar-refractivity contribution in [1.29, 1.82) is 0 Å². The van der Waals surface area contributed by atoms with Crippen LogP contribution in [0, 0.1) is 28.6 Å². The van der Waals surface area contributed by atoms with E-state index < -0.39 is 76.6 Å². The number of Topliss-reactive ketones (excluding diaryl/α,β-unsaturated/α-hetero) is 1. The number of nitrogens with one attached hydrogen (secondary N) is 3. The van der Waals surface area contributed by atoms with E-state index >= 15 is 0 Å². The van der Waals surface area contributed by atoms with Crippen LogP contribution in [-0.2, 0) is 28.7 Å². The number of nitrogens with two attached hydrogens (primary N) is 1. The van der Waals surface area contributed by atoms with E-state index in [1.807, 2.05) is 44.2 Å². The number of primary amides is 1. The molecule has 2 aliphatic rings. The number of carbonyl (C=O) groups excluding carboxylic acids is 6. The van der Waals surface area contributed by atoms with Crippen molar-refractivity contribution in [3.8, 4) is 0 Å². The molecule has 1 aromatic rings. The summed E-state index contributed by atoms with van der Waals surface area (Å²) in [6.07, 6.45) is 2.96. The van der Waals surface area contributed by atoms with Crippen molar-refractivity contribution in [3.05, 3.63) is 35.9 Å². The minimum Gasteiger partial charge on any atom is -0.456 e. The number of hydrogen-bond acceptors (Lipinski definition) is 7. The van der Waals surface area contributed by atoms with Gasteiger partial charge in [0.05, 0.1) is 6.04 Å². The number of nitrogens with zero attached hydrogens (tertiary/aromatic N) is 1. The van der Waals surface area contributed by atoms with Crippen LogP contribution in [0.5, 0.6) is 0 Å². The van der Waals surface area contributed by atoms with Crippen LogP contribution in [0.4, 0.5) is 4.79 Å². The highest BCUT2D eigenvalue weighted by molar-refractivity contribution is 6.37. The number of esters is 1. The second-order valence-corrected chi connectivity index (χ2v) is 16.3. The SMILES string of the molecule is CC(C)[C@@H]1C[C@@H](C(=O)NC(CC2CCC2)C(=O)C(N)=O)N(C(=O)[C@@H](NC(=O)N[C@H](C(=O)O[C@H](C)c2ccccc2)C(C)(C)C)C(C)(C)C)C1. The maximum Gasteiger partial charge on any atom is 0.329 e. The highest BCUT2D eigenvalue weighted by Crippen LogP contribution is 2.34. The zero-order valence-corrected chi connectivity index (χ0v) is 30.6. The van der Waals surface area contributed by atoms with E-state index in [-0.39, 0.29) is 24.3 Å². The van der Waals surface area contributed by atoms with E-state index in [1.54, 1.807) is 48.5 Å². The number of benzene rings is 1. The smallest absolute Gasteiger partial charge is 0.329 e. The zero-order valence-electron chi connectivity index (χ0n) is 30.6. The Bertz CT molecular complexity index is 1360. The van der Waals surface area contributed by atoms with Crippen LogP contribution in [0.25, 0.3) is 0 Å². The topological polar surface area (TPSA) is 177 Å². The van der Waals surface area contributed by atoms with E-state index in [0.717, 1.165) is 24.8 Å². The summed E-state index contributed by atoms with van der Waals surface area (Å²) in [4.78, 5) is 81.1. The van der Waals surface area contributed by atoms with Crippen molar-refractivity contribution >= 4 is 35.5 Å². The molecule has 6 atom stereocenters. The fourth-order valence-corrected chi connectivity index (χ4v) is 6.36. The third-order valence-electron chi connectivity index (χ3n) is 9.86. The van der Waals surface area contributed by atoms with E-state index in [0.29, 0.717) is 12.8 Å². The van der Waals surface area contributed by atoms with Crippen molar-refractivity contribution in [2.45, 2.75) is 125 Å². The van der Waals surface area contributed by atoms with Gasteiger partial charge in [0.15, 0.2) is 0 Å². The minimum absolute atomic E-state index is 0.0160. The van der Waals surface area contributed by atoms with Gasteiger partial charge in [0.1, 0.15) is 24.2 Å². The number of carbonyl (C=O) groups is 6. The molecule has 1 aliphatic carbocycles. The highest BCUT2D eigenvalue weighted by atomic mass is 16.5. The van der Waals surface area contributed by atoms with Gasteiger partial charge in [-0.1, -0.05) is 105 Å². The molecule has 1 unspecified atom stereocenters. The Morgan fingerprint density at radius 2 is 1.45 bits per heavy atom. The Hall–Kier alpha value is -3.96. The van der Waals surface area contributed by atoms with Gasteiger partial charge in [-0.25, -0.2) is 9.59 Å². The number of ether oxygens (including phenoxy) is 1. The molecule has 49 heavy (non-hydrogen) atoms. The average Bonchev–Trinajstić information content (AvgIpc) is 3.44. The summed E-state index contributed by atoms with van der Waals surface area (Å²) < 4.78 is 5.75. The fraction of sp³-hybridized carbons (Fsp3) is 0.676. The number of rotatable bonds is 13. The maximum absolute atomic E-state index is 14.4. The number of urea groups is 1. The van der Waals surface area contributed by atoms with Gasteiger partial charge in [0.2, 0.25) is 17.6 Å². The lowest BCUT2D eigenvalue weighted by Crippen LogP contribution is -2.62. The number of hydrogen-bond donors (Lipinski definition) is 4. The molecular weight excluding hydrogens is 626 g/mol. The quantitative estimate of drug-likeness (QED) is 0.179. The molecule has 5 amide bonds. The van der Waals surface area contributed by atoms with Gasteiger partial charge >= 0.3 is 12.0 Å². The van der Waals surface area contributed by atoms with Gasteiger partial charge in [0.25, 0.3) is 5.91 Å². The molecule has 0 radical (unpaired) electrons. The summed E-state index contributed by atoms with van der Waals surface area (Å²) in [7, 11) is 0. The van der Waals surface area contributed by atoms with E-state index in [1.165, 1.54) is 4.90 Å². The Morgan fingerprint density at radius 3 is 1.94 bits per heavy atom. The first-order valence-corrected chi connectivity index (χ1v) is 17.5. The van der Waals surface area contributed by atoms with Crippen LogP contribution < -0.4 is 21.7 Å². The highest BCUT2D eigenvalue weighted by Gasteiger charge is 2.47. The van der Waals surface area contributed by atoms with Crippen molar-refractivity contribution in [3.63, 3.8) is 0 Å². The van der Waals surface area contributed by atoms with Crippen LogP contribution in [0.3, 0.4) is 0 Å². The Labute approximate surface area is 291 Å². The third-order valence-corrected chi connectivity index (χ3v) is 9.86. The van der Waals surface area contributed by atoms with E-state index in [4.69, 9.17) is 10.5 Å². The second kappa shape index (κ2) is 16.2. The molecule has 3 rings (SSSR count). The van der Waals surface area contributed by atoms with E-state index in [9.17, 15) is 28.8 Å². The molecule has 1 saturated heterocycles. The summed E-state index contributed by atoms with van der Waals surface area (Å²) >= 11 is 0. The lowest BCUT2D eigenvalue weighted by atomic mass is 9.80. The van der Waals surface area contributed by atoms with Crippen LogP contribution in [-0.4, -0.2) is 71.1 Å². The van der Waals surface area contributed by atoms with Crippen LogP contribution in [0.2, 0.25) is 0 Å². The lowest BCUT2D eigenvalue weighted by Gasteiger charge is -2.37. The zero-order chi connectivity index (χ0) is 36.8. The number of ketones is 1. The van der Waals surface area contributed by atoms with Gasteiger partial charge in [-0.3, -0.25) is 19.2 Å². The van der Waals surface area contributed by atoms with Crippen molar-refractivity contribution in [1.82, 2.24) is 20.9 Å². The summed E-state index contributed by atoms with van der Waals surface area (Å²) in [5.41, 5.74) is 4.61. The Balaban J connectivity index is 1.81. The summed E-state index contributed by atoms with van der Waals surface area (Å²) in [6.45, 7) is 16.9.